The molecule has 0 aromatic rings. The Balaban J connectivity index is 2.29. The number of cyclic esters (lactones) is 1. The lowest BCUT2D eigenvalue weighted by Crippen LogP contribution is -2.24. The van der Waals surface area contributed by atoms with Gasteiger partial charge in [-0.2, -0.15) is 0 Å². The molecule has 0 unspecified atom stereocenters. The molecular formula is C17H20O6. The Morgan fingerprint density at radius 3 is 2.52 bits per heavy atom. The third-order valence-corrected chi connectivity index (χ3v) is 4.29. The molecule has 23 heavy (non-hydrogen) atoms. The molecule has 1 aliphatic carbocycles. The predicted molar refractivity (Wildman–Crippen MR) is 80.3 cm³/mol. The molecule has 124 valence electrons. The third kappa shape index (κ3) is 3.41. The van der Waals surface area contributed by atoms with E-state index < -0.39 is 30.1 Å². The molecule has 6 heteroatoms. The normalized spacial score (nSPS) is 27.4. The highest BCUT2D eigenvalue weighted by molar-refractivity contribution is 6.03. The molecule has 1 aliphatic heterocycles. The summed E-state index contributed by atoms with van der Waals surface area (Å²) in [5.74, 6) is -1.63. The smallest absolute Gasteiger partial charge is 0.334 e. The minimum atomic E-state index is -0.748. The summed E-state index contributed by atoms with van der Waals surface area (Å²) in [7, 11) is 0. The van der Waals surface area contributed by atoms with Crippen molar-refractivity contribution in [1.82, 2.24) is 0 Å². The van der Waals surface area contributed by atoms with E-state index in [2.05, 4.69) is 6.58 Å². The molecule has 0 amide bonds. The van der Waals surface area contributed by atoms with Crippen LogP contribution in [0.1, 0.15) is 40.0 Å². The zero-order valence-electron chi connectivity index (χ0n) is 13.5. The highest BCUT2D eigenvalue weighted by atomic mass is 16.6. The average Bonchev–Trinajstić information content (AvgIpc) is 2.85. The molecule has 2 rings (SSSR count). The third-order valence-electron chi connectivity index (χ3n) is 4.29. The number of ketones is 2. The van der Waals surface area contributed by atoms with E-state index in [1.54, 1.807) is 6.92 Å². The topological polar surface area (TPSA) is 86.7 Å². The van der Waals surface area contributed by atoms with Crippen LogP contribution in [0, 0.1) is 5.92 Å². The summed E-state index contributed by atoms with van der Waals surface area (Å²) in [6, 6.07) is 0. The van der Waals surface area contributed by atoms with E-state index in [0.29, 0.717) is 17.6 Å². The van der Waals surface area contributed by atoms with Crippen LogP contribution in [-0.2, 0) is 28.7 Å². The van der Waals surface area contributed by atoms with Crippen LogP contribution in [0.25, 0.3) is 0 Å². The summed E-state index contributed by atoms with van der Waals surface area (Å²) in [5.41, 5.74) is 1.25. The van der Waals surface area contributed by atoms with E-state index in [0.717, 1.165) is 0 Å². The number of carbonyl (C=O) groups is 4. The van der Waals surface area contributed by atoms with Crippen LogP contribution in [0.4, 0.5) is 0 Å². The number of carbonyl (C=O) groups excluding carboxylic acids is 4. The average molecular weight is 320 g/mol. The Morgan fingerprint density at radius 1 is 1.30 bits per heavy atom. The summed E-state index contributed by atoms with van der Waals surface area (Å²) in [6.45, 7) is 8.18. The lowest BCUT2D eigenvalue weighted by molar-refractivity contribution is -0.145. The maximum Gasteiger partial charge on any atom is 0.334 e. The van der Waals surface area contributed by atoms with Crippen molar-refractivity contribution in [3.63, 3.8) is 0 Å². The molecule has 2 aliphatic rings. The Morgan fingerprint density at radius 2 is 1.96 bits per heavy atom. The number of esters is 2. The first kappa shape index (κ1) is 17.1. The summed E-state index contributed by atoms with van der Waals surface area (Å²) in [6.07, 6.45) is -0.628. The number of hydrogen-bond donors (Lipinski definition) is 0. The molecule has 1 heterocycles. The van der Waals surface area contributed by atoms with E-state index in [9.17, 15) is 19.2 Å². The van der Waals surface area contributed by atoms with Gasteiger partial charge >= 0.3 is 11.9 Å². The van der Waals surface area contributed by atoms with Gasteiger partial charge in [0.05, 0.1) is 6.42 Å². The highest BCUT2D eigenvalue weighted by Gasteiger charge is 2.46. The van der Waals surface area contributed by atoms with Gasteiger partial charge in [0.15, 0.2) is 5.78 Å². The maximum absolute atomic E-state index is 12.3. The first-order valence-electron chi connectivity index (χ1n) is 7.52. The van der Waals surface area contributed by atoms with Crippen molar-refractivity contribution in [2.24, 2.45) is 5.92 Å². The second kappa shape index (κ2) is 6.48. The van der Waals surface area contributed by atoms with Gasteiger partial charge in [-0.15, -0.1) is 0 Å². The molecule has 0 radical (unpaired) electrons. The van der Waals surface area contributed by atoms with Gasteiger partial charge in [0.1, 0.15) is 18.0 Å². The summed E-state index contributed by atoms with van der Waals surface area (Å²) in [4.78, 5) is 46.5. The van der Waals surface area contributed by atoms with Gasteiger partial charge in [-0.3, -0.25) is 9.59 Å². The second-order valence-electron chi connectivity index (χ2n) is 6.02. The first-order chi connectivity index (χ1) is 10.7. The number of ether oxygens (including phenoxy) is 2. The summed E-state index contributed by atoms with van der Waals surface area (Å²) in [5, 5.41) is 0. The fraction of sp³-hybridized carbons (Fsp3) is 0.529. The minimum absolute atomic E-state index is 0.00265. The highest BCUT2D eigenvalue weighted by Crippen LogP contribution is 2.40. The van der Waals surface area contributed by atoms with Crippen LogP contribution in [0.5, 0.6) is 0 Å². The number of rotatable bonds is 5. The zero-order valence-corrected chi connectivity index (χ0v) is 13.5. The van der Waals surface area contributed by atoms with E-state index >= 15 is 0 Å². The molecule has 3 atom stereocenters. The van der Waals surface area contributed by atoms with Crippen molar-refractivity contribution in [3.8, 4) is 0 Å². The van der Waals surface area contributed by atoms with E-state index in [4.69, 9.17) is 9.47 Å². The monoisotopic (exact) mass is 320 g/mol. The predicted octanol–water partition coefficient (Wildman–Crippen LogP) is 1.67. The van der Waals surface area contributed by atoms with Gasteiger partial charge in [-0.25, -0.2) is 4.79 Å². The molecule has 1 fully saturated rings. The Labute approximate surface area is 134 Å². The van der Waals surface area contributed by atoms with E-state index in [1.807, 2.05) is 0 Å². The van der Waals surface area contributed by atoms with E-state index in [-0.39, 0.29) is 30.0 Å². The largest absolute Gasteiger partial charge is 0.458 e. The Hall–Kier alpha value is -2.24. The van der Waals surface area contributed by atoms with Gasteiger partial charge < -0.3 is 14.3 Å². The van der Waals surface area contributed by atoms with Crippen LogP contribution >= 0.6 is 0 Å². The minimum Gasteiger partial charge on any atom is -0.458 e. The van der Waals surface area contributed by atoms with Crippen molar-refractivity contribution < 1.29 is 28.7 Å². The first-order valence-corrected chi connectivity index (χ1v) is 7.52. The Bertz CT molecular complexity index is 627. The van der Waals surface area contributed by atoms with Crippen molar-refractivity contribution in [1.29, 1.82) is 0 Å². The van der Waals surface area contributed by atoms with Crippen LogP contribution in [0.3, 0.4) is 0 Å². The lowest BCUT2D eigenvalue weighted by Gasteiger charge is -2.19. The fourth-order valence-electron chi connectivity index (χ4n) is 3.09. The summed E-state index contributed by atoms with van der Waals surface area (Å²) >= 11 is 0. The Kier molecular flexibility index (Phi) is 4.82. The number of Topliss-reactive ketones (excluding diaryl/α,β-unsaturated/α-hetero) is 2. The van der Waals surface area contributed by atoms with Gasteiger partial charge in [0.25, 0.3) is 0 Å². The van der Waals surface area contributed by atoms with Crippen LogP contribution in [0.2, 0.25) is 0 Å². The summed E-state index contributed by atoms with van der Waals surface area (Å²) < 4.78 is 10.5. The van der Waals surface area contributed by atoms with Crippen molar-refractivity contribution >= 4 is 23.5 Å². The lowest BCUT2D eigenvalue weighted by atomic mass is 9.86. The van der Waals surface area contributed by atoms with E-state index in [1.165, 1.54) is 13.8 Å². The second-order valence-corrected chi connectivity index (χ2v) is 6.02. The SMILES string of the molecule is C=C1C(=O)O[C@H](C2=C(C)[C@H](OC(C)=O)CC2=O)[C@H]1CCC(C)=O. The molecule has 1 saturated heterocycles. The standard InChI is InChI=1S/C17H20O6/c1-8(18)5-6-12-9(2)17(21)23-16(12)15-10(3)14(7-13(15)20)22-11(4)19/h12,14,16H,2,5-7H2,1,3-4H3/t12-,14+,16-/m0/s1. The number of hydrogen-bond acceptors (Lipinski definition) is 6. The molecule has 0 aromatic carbocycles. The van der Waals surface area contributed by atoms with Gasteiger partial charge in [0, 0.05) is 30.4 Å². The van der Waals surface area contributed by atoms with Crippen molar-refractivity contribution in [2.45, 2.75) is 52.2 Å². The fourth-order valence-corrected chi connectivity index (χ4v) is 3.09. The van der Waals surface area contributed by atoms with Crippen LogP contribution in [-0.4, -0.2) is 35.7 Å². The molecule has 0 spiro atoms. The van der Waals surface area contributed by atoms with Crippen LogP contribution < -0.4 is 0 Å². The van der Waals surface area contributed by atoms with Gasteiger partial charge in [-0.1, -0.05) is 6.58 Å². The quantitative estimate of drug-likeness (QED) is 0.566. The molecular weight excluding hydrogens is 300 g/mol. The zero-order chi connectivity index (χ0) is 17.3. The van der Waals surface area contributed by atoms with Gasteiger partial charge in [0.2, 0.25) is 0 Å². The van der Waals surface area contributed by atoms with Crippen molar-refractivity contribution in [3.05, 3.63) is 23.3 Å². The molecule has 0 aromatic heterocycles. The van der Waals surface area contributed by atoms with Gasteiger partial charge in [-0.05, 0) is 25.8 Å². The van der Waals surface area contributed by atoms with Crippen molar-refractivity contribution in [2.75, 3.05) is 0 Å². The maximum atomic E-state index is 12.3. The molecule has 6 nitrogen and oxygen atoms in total. The molecule has 0 N–H and O–H groups in total. The molecule has 0 bridgehead atoms. The molecule has 0 saturated carbocycles. The van der Waals surface area contributed by atoms with Crippen LogP contribution in [0.15, 0.2) is 23.3 Å².